The second-order valence-electron chi connectivity index (χ2n) is 6.50. The van der Waals surface area contributed by atoms with Gasteiger partial charge in [-0.25, -0.2) is 9.48 Å². The molecule has 0 saturated carbocycles. The third-order valence-electron chi connectivity index (χ3n) is 4.21. The first-order chi connectivity index (χ1) is 14.0. The molecule has 3 aromatic rings. The number of para-hydroxylation sites is 1. The van der Waals surface area contributed by atoms with E-state index in [9.17, 15) is 9.59 Å². The van der Waals surface area contributed by atoms with Crippen molar-refractivity contribution in [1.29, 1.82) is 0 Å². The second kappa shape index (κ2) is 9.36. The van der Waals surface area contributed by atoms with Crippen molar-refractivity contribution in [2.45, 2.75) is 6.54 Å². The van der Waals surface area contributed by atoms with Crippen molar-refractivity contribution in [2.24, 2.45) is 0 Å². The fourth-order valence-corrected chi connectivity index (χ4v) is 3.01. The zero-order chi connectivity index (χ0) is 20.8. The van der Waals surface area contributed by atoms with Gasteiger partial charge in [-0.3, -0.25) is 15.0 Å². The molecule has 150 valence electrons. The number of nitrogens with one attached hydrogen (secondary N) is 1. The minimum Gasteiger partial charge on any atom is -0.453 e. The topological polar surface area (TPSA) is 76.5 Å². The number of amides is 2. The number of alkyl carbamates (subject to hydrolysis) is 1. The first-order valence-electron chi connectivity index (χ1n) is 8.92. The number of ether oxygens (including phenoxy) is 1. The van der Waals surface area contributed by atoms with Crippen LogP contribution in [0.2, 0.25) is 5.02 Å². The van der Waals surface area contributed by atoms with Gasteiger partial charge in [0.15, 0.2) is 0 Å². The normalized spacial score (nSPS) is 10.8. The molecule has 0 fully saturated rings. The summed E-state index contributed by atoms with van der Waals surface area (Å²) < 4.78 is 6.25. The van der Waals surface area contributed by atoms with Crippen molar-refractivity contribution in [3.05, 3.63) is 71.4 Å². The summed E-state index contributed by atoms with van der Waals surface area (Å²) in [7, 11) is 3.01. The summed E-state index contributed by atoms with van der Waals surface area (Å²) in [5, 5.41) is 7.55. The summed E-state index contributed by atoms with van der Waals surface area (Å²) in [5.74, 6) is -0.442. The molecule has 2 aromatic carbocycles. The van der Waals surface area contributed by atoms with Gasteiger partial charge in [-0.05, 0) is 31.3 Å². The number of hydrogen-bond donors (Lipinski definition) is 1. The molecule has 0 radical (unpaired) electrons. The first-order valence-corrected chi connectivity index (χ1v) is 9.30. The third kappa shape index (κ3) is 5.43. The molecule has 0 spiro atoms. The average Bonchev–Trinajstić information content (AvgIpc) is 3.12. The van der Waals surface area contributed by atoms with Gasteiger partial charge in [0.05, 0.1) is 25.0 Å². The molecule has 2 amide bonds. The van der Waals surface area contributed by atoms with E-state index in [0.717, 1.165) is 22.5 Å². The van der Waals surface area contributed by atoms with E-state index in [1.165, 1.54) is 7.11 Å². The molecule has 8 heteroatoms. The maximum absolute atomic E-state index is 11.9. The Kier molecular flexibility index (Phi) is 6.64. The molecule has 0 atom stereocenters. The second-order valence-corrected chi connectivity index (χ2v) is 6.94. The number of halogens is 1. The van der Waals surface area contributed by atoms with Gasteiger partial charge in [-0.1, -0.05) is 41.9 Å². The van der Waals surface area contributed by atoms with Gasteiger partial charge in [-0.15, -0.1) is 0 Å². The van der Waals surface area contributed by atoms with Gasteiger partial charge in [0.1, 0.15) is 0 Å². The molecule has 0 aliphatic carbocycles. The fourth-order valence-electron chi connectivity index (χ4n) is 2.89. The smallest absolute Gasteiger partial charge is 0.413 e. The highest BCUT2D eigenvalue weighted by molar-refractivity contribution is 6.30. The number of rotatable bonds is 6. The summed E-state index contributed by atoms with van der Waals surface area (Å²) in [6, 6.07) is 17.2. The molecular weight excluding hydrogens is 392 g/mol. The molecule has 0 aliphatic heterocycles. The molecule has 3 rings (SSSR count). The van der Waals surface area contributed by atoms with Crippen LogP contribution >= 0.6 is 11.6 Å². The molecule has 1 N–H and O–H groups in total. The van der Waals surface area contributed by atoms with E-state index in [2.05, 4.69) is 10.1 Å². The van der Waals surface area contributed by atoms with E-state index in [1.807, 2.05) is 65.5 Å². The highest BCUT2D eigenvalue weighted by atomic mass is 35.5. The third-order valence-corrected chi connectivity index (χ3v) is 4.46. The number of carbonyl (C=O) groups is 2. The van der Waals surface area contributed by atoms with Gasteiger partial charge >= 0.3 is 6.09 Å². The van der Waals surface area contributed by atoms with E-state index >= 15 is 0 Å². The summed E-state index contributed by atoms with van der Waals surface area (Å²) >= 11 is 6.02. The van der Waals surface area contributed by atoms with Crippen LogP contribution in [0.5, 0.6) is 0 Å². The number of likely N-dealkylation sites (N-methyl/N-ethyl adjacent to an activating group) is 1. The number of carbonyl (C=O) groups excluding carboxylic acids is 2. The molecule has 0 bridgehead atoms. The zero-order valence-electron chi connectivity index (χ0n) is 16.1. The van der Waals surface area contributed by atoms with Crippen LogP contribution in [0.25, 0.3) is 16.9 Å². The molecule has 0 aliphatic rings. The number of methoxy groups -OCH3 is 1. The minimum atomic E-state index is -0.776. The maximum Gasteiger partial charge on any atom is 0.413 e. The Balaban J connectivity index is 1.86. The van der Waals surface area contributed by atoms with Crippen molar-refractivity contribution in [3.8, 4) is 16.9 Å². The lowest BCUT2D eigenvalue weighted by Crippen LogP contribution is -2.38. The van der Waals surface area contributed by atoms with Gasteiger partial charge in [0.25, 0.3) is 0 Å². The van der Waals surface area contributed by atoms with Crippen LogP contribution in [-0.4, -0.2) is 47.4 Å². The Morgan fingerprint density at radius 1 is 1.14 bits per heavy atom. The van der Waals surface area contributed by atoms with Crippen LogP contribution in [0.3, 0.4) is 0 Å². The Labute approximate surface area is 173 Å². The Bertz CT molecular complexity index is 987. The monoisotopic (exact) mass is 412 g/mol. The molecular formula is C21H21ClN4O3. The van der Waals surface area contributed by atoms with Crippen LogP contribution in [0.1, 0.15) is 5.56 Å². The van der Waals surface area contributed by atoms with Gasteiger partial charge in [0.2, 0.25) is 5.91 Å². The van der Waals surface area contributed by atoms with Gasteiger partial charge < -0.3 is 4.74 Å². The SMILES string of the molecule is COC(=O)NC(=O)CN(C)Cc1cn(-c2ccccc2)nc1-c1ccc(Cl)cc1. The van der Waals surface area contributed by atoms with Crippen LogP contribution in [0, 0.1) is 0 Å². The number of benzene rings is 2. The van der Waals surface area contributed by atoms with Crippen LogP contribution in [0.4, 0.5) is 4.79 Å². The summed E-state index contributed by atoms with van der Waals surface area (Å²) in [4.78, 5) is 24.9. The van der Waals surface area contributed by atoms with Crippen molar-refractivity contribution in [3.63, 3.8) is 0 Å². The standard InChI is InChI=1S/C21H21ClN4O3/c1-25(14-19(27)23-21(28)29-2)12-16-13-26(18-6-4-3-5-7-18)24-20(16)15-8-10-17(22)11-9-15/h3-11,13H,12,14H2,1-2H3,(H,23,27,28). The molecule has 1 heterocycles. The van der Waals surface area contributed by atoms with E-state index < -0.39 is 12.0 Å². The van der Waals surface area contributed by atoms with Crippen molar-refractivity contribution in [2.75, 3.05) is 20.7 Å². The van der Waals surface area contributed by atoms with E-state index in [-0.39, 0.29) is 6.54 Å². The lowest BCUT2D eigenvalue weighted by Gasteiger charge is -2.15. The molecule has 1 aromatic heterocycles. The minimum absolute atomic E-state index is 0.0334. The van der Waals surface area contributed by atoms with Crippen molar-refractivity contribution >= 4 is 23.6 Å². The average molecular weight is 413 g/mol. The summed E-state index contributed by atoms with van der Waals surface area (Å²) in [5.41, 5.74) is 3.59. The predicted molar refractivity (Wildman–Crippen MR) is 111 cm³/mol. The van der Waals surface area contributed by atoms with Crippen molar-refractivity contribution < 1.29 is 14.3 Å². The van der Waals surface area contributed by atoms with E-state index in [1.54, 1.807) is 11.9 Å². The van der Waals surface area contributed by atoms with E-state index in [0.29, 0.717) is 11.6 Å². The van der Waals surface area contributed by atoms with Gasteiger partial charge in [-0.2, -0.15) is 5.10 Å². The maximum atomic E-state index is 11.9. The highest BCUT2D eigenvalue weighted by Crippen LogP contribution is 2.26. The van der Waals surface area contributed by atoms with E-state index in [4.69, 9.17) is 16.7 Å². The van der Waals surface area contributed by atoms with Crippen molar-refractivity contribution in [1.82, 2.24) is 20.0 Å². The molecule has 0 unspecified atom stereocenters. The van der Waals surface area contributed by atoms with Gasteiger partial charge in [0, 0.05) is 28.9 Å². The quantitative estimate of drug-likeness (QED) is 0.670. The molecule has 0 saturated heterocycles. The van der Waals surface area contributed by atoms with Crippen LogP contribution in [-0.2, 0) is 16.1 Å². The Morgan fingerprint density at radius 3 is 2.48 bits per heavy atom. The lowest BCUT2D eigenvalue weighted by atomic mass is 10.1. The first kappa shape index (κ1) is 20.6. The molecule has 7 nitrogen and oxygen atoms in total. The lowest BCUT2D eigenvalue weighted by molar-refractivity contribution is -0.121. The largest absolute Gasteiger partial charge is 0.453 e. The fraction of sp³-hybridized carbons (Fsp3) is 0.190. The Hall–Kier alpha value is -3.16. The number of imide groups is 1. The number of hydrogen-bond acceptors (Lipinski definition) is 5. The predicted octanol–water partition coefficient (Wildman–Crippen LogP) is 3.51. The number of nitrogens with zero attached hydrogens (tertiary/aromatic N) is 3. The number of aromatic nitrogens is 2. The van der Waals surface area contributed by atoms with Crippen LogP contribution < -0.4 is 5.32 Å². The highest BCUT2D eigenvalue weighted by Gasteiger charge is 2.16. The van der Waals surface area contributed by atoms with Crippen LogP contribution in [0.15, 0.2) is 60.8 Å². The molecule has 29 heavy (non-hydrogen) atoms. The Morgan fingerprint density at radius 2 is 1.83 bits per heavy atom. The zero-order valence-corrected chi connectivity index (χ0v) is 16.9. The summed E-state index contributed by atoms with van der Waals surface area (Å²) in [6.07, 6.45) is 1.16. The summed E-state index contributed by atoms with van der Waals surface area (Å²) in [6.45, 7) is 0.491.